The molecule has 2 N–H and O–H groups in total. The van der Waals surface area contributed by atoms with Crippen molar-refractivity contribution in [2.75, 3.05) is 11.9 Å². The van der Waals surface area contributed by atoms with Crippen LogP contribution in [0, 0.1) is 0 Å². The van der Waals surface area contributed by atoms with Crippen LogP contribution in [0.4, 0.5) is 5.69 Å². The highest BCUT2D eigenvalue weighted by molar-refractivity contribution is 9.10. The summed E-state index contributed by atoms with van der Waals surface area (Å²) in [5.74, 6) is 0. The zero-order chi connectivity index (χ0) is 17.2. The van der Waals surface area contributed by atoms with Gasteiger partial charge in [0.1, 0.15) is 0 Å². The smallest absolute Gasteiger partial charge is 0.0891 e. The van der Waals surface area contributed by atoms with Gasteiger partial charge in [-0.2, -0.15) is 0 Å². The minimum Gasteiger partial charge on any atom is -0.389 e. The number of aliphatic hydroxyl groups excluding tert-OH is 1. The van der Waals surface area contributed by atoms with Gasteiger partial charge in [0.05, 0.1) is 12.6 Å². The fraction of sp³-hybridized carbons (Fsp3) is 0.143. The third kappa shape index (κ3) is 3.28. The van der Waals surface area contributed by atoms with Gasteiger partial charge in [0.15, 0.2) is 0 Å². The summed E-state index contributed by atoms with van der Waals surface area (Å²) < 4.78 is 3.25. The molecule has 0 spiro atoms. The Balaban J connectivity index is 1.58. The largest absolute Gasteiger partial charge is 0.389 e. The SMILES string of the molecule is O[C@H](CNc1ccc(Br)cc1)Cn1c2ccccc2c2ccccc21. The summed E-state index contributed by atoms with van der Waals surface area (Å²) in [4.78, 5) is 0. The van der Waals surface area contributed by atoms with Gasteiger partial charge in [-0.25, -0.2) is 0 Å². The van der Waals surface area contributed by atoms with Crippen molar-refractivity contribution in [2.45, 2.75) is 12.6 Å². The minimum absolute atomic E-state index is 0.483. The number of halogens is 1. The molecule has 3 nitrogen and oxygen atoms in total. The predicted molar refractivity (Wildman–Crippen MR) is 108 cm³/mol. The molecule has 1 atom stereocenters. The first-order valence-electron chi connectivity index (χ1n) is 8.36. The maximum atomic E-state index is 10.6. The lowest BCUT2D eigenvalue weighted by Crippen LogP contribution is -2.24. The second kappa shape index (κ2) is 6.90. The molecule has 4 rings (SSSR count). The van der Waals surface area contributed by atoms with Crippen LogP contribution in [0.5, 0.6) is 0 Å². The number of nitrogens with zero attached hydrogens (tertiary/aromatic N) is 1. The van der Waals surface area contributed by atoms with Crippen LogP contribution in [-0.2, 0) is 6.54 Å². The van der Waals surface area contributed by atoms with Crippen molar-refractivity contribution in [2.24, 2.45) is 0 Å². The minimum atomic E-state index is -0.483. The molecule has 0 radical (unpaired) electrons. The average molecular weight is 395 g/mol. The maximum Gasteiger partial charge on any atom is 0.0891 e. The lowest BCUT2D eigenvalue weighted by atomic mass is 10.2. The molecule has 4 heteroatoms. The number of hydrogen-bond donors (Lipinski definition) is 2. The van der Waals surface area contributed by atoms with Crippen LogP contribution in [0.25, 0.3) is 21.8 Å². The number of benzene rings is 3. The first-order valence-corrected chi connectivity index (χ1v) is 9.15. The van der Waals surface area contributed by atoms with E-state index in [-0.39, 0.29) is 0 Å². The van der Waals surface area contributed by atoms with Crippen LogP contribution >= 0.6 is 15.9 Å². The molecule has 0 aliphatic rings. The van der Waals surface area contributed by atoms with E-state index in [4.69, 9.17) is 0 Å². The zero-order valence-corrected chi connectivity index (χ0v) is 15.3. The molecule has 126 valence electrons. The van der Waals surface area contributed by atoms with E-state index in [0.717, 1.165) is 21.2 Å². The second-order valence-electron chi connectivity index (χ2n) is 6.19. The van der Waals surface area contributed by atoms with Gasteiger partial charge in [-0.1, -0.05) is 52.3 Å². The van der Waals surface area contributed by atoms with E-state index in [2.05, 4.69) is 62.2 Å². The van der Waals surface area contributed by atoms with Crippen molar-refractivity contribution >= 4 is 43.4 Å². The summed E-state index contributed by atoms with van der Waals surface area (Å²) >= 11 is 3.43. The lowest BCUT2D eigenvalue weighted by Gasteiger charge is -2.15. The van der Waals surface area contributed by atoms with Crippen LogP contribution in [0.1, 0.15) is 0 Å². The molecule has 25 heavy (non-hydrogen) atoms. The van der Waals surface area contributed by atoms with Crippen LogP contribution in [0.15, 0.2) is 77.3 Å². The monoisotopic (exact) mass is 394 g/mol. The number of anilines is 1. The maximum absolute atomic E-state index is 10.6. The van der Waals surface area contributed by atoms with E-state index in [0.29, 0.717) is 13.1 Å². The van der Waals surface area contributed by atoms with Gasteiger partial charge in [0, 0.05) is 38.5 Å². The van der Waals surface area contributed by atoms with E-state index in [9.17, 15) is 5.11 Å². The summed E-state index contributed by atoms with van der Waals surface area (Å²) in [7, 11) is 0. The average Bonchev–Trinajstić information content (AvgIpc) is 2.96. The van der Waals surface area contributed by atoms with Crippen molar-refractivity contribution < 1.29 is 5.11 Å². The van der Waals surface area contributed by atoms with E-state index >= 15 is 0 Å². The summed E-state index contributed by atoms with van der Waals surface area (Å²) in [6.07, 6.45) is -0.483. The highest BCUT2D eigenvalue weighted by atomic mass is 79.9. The molecule has 0 fully saturated rings. The van der Waals surface area contributed by atoms with E-state index in [1.165, 1.54) is 10.8 Å². The Morgan fingerprint density at radius 1 is 0.840 bits per heavy atom. The van der Waals surface area contributed by atoms with Crippen LogP contribution in [0.3, 0.4) is 0 Å². The number of rotatable bonds is 5. The molecule has 0 aliphatic carbocycles. The number of hydrogen-bond acceptors (Lipinski definition) is 2. The zero-order valence-electron chi connectivity index (χ0n) is 13.7. The van der Waals surface area contributed by atoms with Gasteiger partial charge in [-0.15, -0.1) is 0 Å². The normalized spacial score (nSPS) is 12.6. The van der Waals surface area contributed by atoms with Crippen LogP contribution in [-0.4, -0.2) is 22.3 Å². The van der Waals surface area contributed by atoms with Gasteiger partial charge in [0.2, 0.25) is 0 Å². The molecule has 1 aromatic heterocycles. The van der Waals surface area contributed by atoms with Crippen molar-refractivity contribution in [1.29, 1.82) is 0 Å². The van der Waals surface area contributed by atoms with Crippen molar-refractivity contribution in [3.05, 3.63) is 77.3 Å². The second-order valence-corrected chi connectivity index (χ2v) is 7.10. The Labute approximate surface area is 155 Å². The van der Waals surface area contributed by atoms with Crippen molar-refractivity contribution in [3.63, 3.8) is 0 Å². The third-order valence-corrected chi connectivity index (χ3v) is 4.99. The van der Waals surface area contributed by atoms with Crippen molar-refractivity contribution in [1.82, 2.24) is 4.57 Å². The Morgan fingerprint density at radius 2 is 1.40 bits per heavy atom. The standard InChI is InChI=1S/C21H19BrN2O/c22-15-9-11-16(12-10-15)23-13-17(25)14-24-20-7-3-1-5-18(20)19-6-2-4-8-21(19)24/h1-12,17,23,25H,13-14H2/t17-/m1/s1. The molecule has 0 unspecified atom stereocenters. The number of nitrogens with one attached hydrogen (secondary N) is 1. The highest BCUT2D eigenvalue weighted by Gasteiger charge is 2.13. The Morgan fingerprint density at radius 3 is 2.00 bits per heavy atom. The Hall–Kier alpha value is -2.30. The van der Waals surface area contributed by atoms with Gasteiger partial charge in [-0.05, 0) is 36.4 Å². The number of para-hydroxylation sites is 2. The predicted octanol–water partition coefficient (Wildman–Crippen LogP) is 5.03. The highest BCUT2D eigenvalue weighted by Crippen LogP contribution is 2.28. The number of fused-ring (bicyclic) bond motifs is 3. The number of aromatic nitrogens is 1. The fourth-order valence-corrected chi connectivity index (χ4v) is 3.54. The van der Waals surface area contributed by atoms with Gasteiger partial charge < -0.3 is 15.0 Å². The van der Waals surface area contributed by atoms with Crippen molar-refractivity contribution in [3.8, 4) is 0 Å². The van der Waals surface area contributed by atoms with E-state index < -0.39 is 6.10 Å². The fourth-order valence-electron chi connectivity index (χ4n) is 3.28. The first kappa shape index (κ1) is 16.2. The quantitative estimate of drug-likeness (QED) is 0.497. The molecule has 0 saturated carbocycles. The van der Waals surface area contributed by atoms with Crippen LogP contribution in [0.2, 0.25) is 0 Å². The molecule has 4 aromatic rings. The Kier molecular flexibility index (Phi) is 4.47. The van der Waals surface area contributed by atoms with E-state index in [1.54, 1.807) is 0 Å². The first-order chi connectivity index (χ1) is 12.2. The summed E-state index contributed by atoms with van der Waals surface area (Å²) in [6.45, 7) is 1.06. The summed E-state index contributed by atoms with van der Waals surface area (Å²) in [5.41, 5.74) is 3.32. The molecule has 0 bridgehead atoms. The number of aliphatic hydroxyl groups is 1. The molecule has 0 amide bonds. The molecule has 0 saturated heterocycles. The van der Waals surface area contributed by atoms with Gasteiger partial charge in [-0.3, -0.25) is 0 Å². The van der Waals surface area contributed by atoms with E-state index in [1.807, 2.05) is 36.4 Å². The molecule has 0 aliphatic heterocycles. The molecular weight excluding hydrogens is 376 g/mol. The van der Waals surface area contributed by atoms with Gasteiger partial charge >= 0.3 is 0 Å². The molecule has 3 aromatic carbocycles. The topological polar surface area (TPSA) is 37.2 Å². The third-order valence-electron chi connectivity index (χ3n) is 4.46. The van der Waals surface area contributed by atoms with Crippen LogP contribution < -0.4 is 5.32 Å². The van der Waals surface area contributed by atoms with Gasteiger partial charge in [0.25, 0.3) is 0 Å². The Bertz CT molecular complexity index is 954. The summed E-state index contributed by atoms with van der Waals surface area (Å²) in [6, 6.07) is 24.7. The molecule has 1 heterocycles. The molecular formula is C21H19BrN2O. The lowest BCUT2D eigenvalue weighted by molar-refractivity contribution is 0.169. The summed E-state index contributed by atoms with van der Waals surface area (Å²) in [5, 5.41) is 16.3.